The summed E-state index contributed by atoms with van der Waals surface area (Å²) in [7, 11) is 0. The van der Waals surface area contributed by atoms with Gasteiger partial charge in [-0.15, -0.1) is 0 Å². The van der Waals surface area contributed by atoms with E-state index < -0.39 is 5.60 Å². The van der Waals surface area contributed by atoms with Crippen molar-refractivity contribution in [3.63, 3.8) is 0 Å². The van der Waals surface area contributed by atoms with Crippen molar-refractivity contribution in [1.29, 1.82) is 0 Å². The van der Waals surface area contributed by atoms with Gasteiger partial charge in [-0.1, -0.05) is 6.07 Å². The van der Waals surface area contributed by atoms with Crippen LogP contribution in [0, 0.1) is 0 Å². The van der Waals surface area contributed by atoms with Gasteiger partial charge in [-0.3, -0.25) is 4.79 Å². The monoisotopic (exact) mass is 252 g/mol. The van der Waals surface area contributed by atoms with Crippen LogP contribution in [-0.4, -0.2) is 24.2 Å². The number of benzene rings is 1. The number of carbonyl (C=O) groups is 1. The lowest BCUT2D eigenvalue weighted by atomic mass is 9.95. The Morgan fingerprint density at radius 1 is 1.56 bits per heavy atom. The van der Waals surface area contributed by atoms with Crippen LogP contribution >= 0.6 is 0 Å². The van der Waals surface area contributed by atoms with Gasteiger partial charge in [0.15, 0.2) is 0 Å². The molecule has 0 saturated heterocycles. The summed E-state index contributed by atoms with van der Waals surface area (Å²) in [5.74, 6) is 0.379. The molecule has 0 bridgehead atoms. The molecule has 0 saturated carbocycles. The van der Waals surface area contributed by atoms with E-state index in [0.29, 0.717) is 23.6 Å². The fourth-order valence-corrected chi connectivity index (χ4v) is 1.55. The molecule has 1 atom stereocenters. The lowest BCUT2D eigenvalue weighted by Gasteiger charge is -2.23. The molecule has 1 rings (SSSR count). The Bertz CT molecular complexity index is 430. The molecule has 0 aromatic heterocycles. The Morgan fingerprint density at radius 3 is 2.72 bits per heavy atom. The lowest BCUT2D eigenvalue weighted by Crippen LogP contribution is -2.31. The highest BCUT2D eigenvalue weighted by molar-refractivity contribution is 5.90. The van der Waals surface area contributed by atoms with Crippen molar-refractivity contribution in [3.8, 4) is 5.75 Å². The predicted molar refractivity (Wildman–Crippen MR) is 70.5 cm³/mol. The van der Waals surface area contributed by atoms with E-state index in [1.807, 2.05) is 6.92 Å². The topological polar surface area (TPSA) is 84.6 Å². The minimum Gasteiger partial charge on any atom is -0.492 e. The summed E-state index contributed by atoms with van der Waals surface area (Å²) in [4.78, 5) is 11.1. The molecule has 0 aliphatic rings. The maximum Gasteiger partial charge on any atom is 0.221 e. The molecule has 1 aromatic rings. The van der Waals surface area contributed by atoms with Crippen molar-refractivity contribution >= 4 is 11.6 Å². The normalized spacial score (nSPS) is 13.8. The zero-order valence-corrected chi connectivity index (χ0v) is 11.0. The van der Waals surface area contributed by atoms with E-state index in [4.69, 9.17) is 10.5 Å². The SMILES string of the molecule is CCOc1ccc(C(C)(O)CN)cc1NC(C)=O. The van der Waals surface area contributed by atoms with Gasteiger partial charge in [0.2, 0.25) is 5.91 Å². The Morgan fingerprint density at radius 2 is 2.22 bits per heavy atom. The largest absolute Gasteiger partial charge is 0.492 e. The molecule has 0 aliphatic carbocycles. The van der Waals surface area contributed by atoms with E-state index in [9.17, 15) is 9.90 Å². The third-order valence-corrected chi connectivity index (χ3v) is 2.61. The number of nitrogens with one attached hydrogen (secondary N) is 1. The molecule has 5 heteroatoms. The Kier molecular flexibility index (Phi) is 4.69. The molecule has 0 heterocycles. The average molecular weight is 252 g/mol. The second kappa shape index (κ2) is 5.84. The first-order valence-electron chi connectivity index (χ1n) is 5.88. The number of ether oxygens (including phenoxy) is 1. The summed E-state index contributed by atoms with van der Waals surface area (Å²) >= 11 is 0. The van der Waals surface area contributed by atoms with Gasteiger partial charge < -0.3 is 20.9 Å². The maximum absolute atomic E-state index is 11.1. The second-order valence-electron chi connectivity index (χ2n) is 4.30. The van der Waals surface area contributed by atoms with Crippen molar-refractivity contribution in [2.75, 3.05) is 18.5 Å². The molecule has 1 aromatic carbocycles. The van der Waals surface area contributed by atoms with Crippen molar-refractivity contribution in [3.05, 3.63) is 23.8 Å². The van der Waals surface area contributed by atoms with E-state index in [1.165, 1.54) is 6.92 Å². The van der Waals surface area contributed by atoms with Gasteiger partial charge in [0, 0.05) is 13.5 Å². The van der Waals surface area contributed by atoms with Gasteiger partial charge in [-0.2, -0.15) is 0 Å². The summed E-state index contributed by atoms with van der Waals surface area (Å²) in [6.07, 6.45) is 0. The van der Waals surface area contributed by atoms with Crippen LogP contribution in [0.5, 0.6) is 5.75 Å². The molecule has 18 heavy (non-hydrogen) atoms. The summed E-state index contributed by atoms with van der Waals surface area (Å²) in [6.45, 7) is 5.50. The van der Waals surface area contributed by atoms with Gasteiger partial charge in [0.1, 0.15) is 5.75 Å². The maximum atomic E-state index is 11.1. The Labute approximate surface area is 107 Å². The highest BCUT2D eigenvalue weighted by Gasteiger charge is 2.22. The zero-order valence-electron chi connectivity index (χ0n) is 11.0. The van der Waals surface area contributed by atoms with Gasteiger partial charge in [-0.25, -0.2) is 0 Å². The van der Waals surface area contributed by atoms with Crippen LogP contribution in [0.25, 0.3) is 0 Å². The number of hydrogen-bond donors (Lipinski definition) is 3. The van der Waals surface area contributed by atoms with Crippen molar-refractivity contribution in [2.45, 2.75) is 26.4 Å². The standard InChI is InChI=1S/C13H20N2O3/c1-4-18-12-6-5-10(13(3,17)8-14)7-11(12)15-9(2)16/h5-7,17H,4,8,14H2,1-3H3,(H,15,16). The van der Waals surface area contributed by atoms with E-state index >= 15 is 0 Å². The van der Waals surface area contributed by atoms with Crippen LogP contribution in [0.3, 0.4) is 0 Å². The third kappa shape index (κ3) is 3.45. The number of aliphatic hydroxyl groups is 1. The smallest absolute Gasteiger partial charge is 0.221 e. The first kappa shape index (κ1) is 14.5. The van der Waals surface area contributed by atoms with Crippen LogP contribution in [0.4, 0.5) is 5.69 Å². The van der Waals surface area contributed by atoms with E-state index in [1.54, 1.807) is 25.1 Å². The molecule has 5 nitrogen and oxygen atoms in total. The van der Waals surface area contributed by atoms with Crippen LogP contribution in [0.1, 0.15) is 26.3 Å². The van der Waals surface area contributed by atoms with Crippen molar-refractivity contribution < 1.29 is 14.6 Å². The fraction of sp³-hybridized carbons (Fsp3) is 0.462. The van der Waals surface area contributed by atoms with Crippen molar-refractivity contribution in [1.82, 2.24) is 0 Å². The fourth-order valence-electron chi connectivity index (χ4n) is 1.55. The molecular formula is C13H20N2O3. The molecule has 100 valence electrons. The summed E-state index contributed by atoms with van der Waals surface area (Å²) in [6, 6.07) is 5.14. The van der Waals surface area contributed by atoms with Crippen LogP contribution in [0.15, 0.2) is 18.2 Å². The third-order valence-electron chi connectivity index (χ3n) is 2.61. The van der Waals surface area contributed by atoms with Gasteiger partial charge in [-0.05, 0) is 31.5 Å². The highest BCUT2D eigenvalue weighted by atomic mass is 16.5. The lowest BCUT2D eigenvalue weighted by molar-refractivity contribution is -0.114. The molecule has 0 fully saturated rings. The van der Waals surface area contributed by atoms with Gasteiger partial charge >= 0.3 is 0 Å². The number of carbonyl (C=O) groups excluding carboxylic acids is 1. The summed E-state index contributed by atoms with van der Waals surface area (Å²) in [5, 5.41) is 12.8. The van der Waals surface area contributed by atoms with E-state index in [2.05, 4.69) is 5.32 Å². The molecular weight excluding hydrogens is 232 g/mol. The molecule has 1 unspecified atom stereocenters. The average Bonchev–Trinajstić information content (AvgIpc) is 2.31. The summed E-state index contributed by atoms with van der Waals surface area (Å²) in [5.41, 5.74) is 5.56. The highest BCUT2D eigenvalue weighted by Crippen LogP contribution is 2.30. The van der Waals surface area contributed by atoms with Crippen LogP contribution in [-0.2, 0) is 10.4 Å². The Balaban J connectivity index is 3.16. The molecule has 1 amide bonds. The molecule has 0 aliphatic heterocycles. The minimum absolute atomic E-state index is 0.0977. The van der Waals surface area contributed by atoms with Gasteiger partial charge in [0.05, 0.1) is 17.9 Å². The predicted octanol–water partition coefficient (Wildman–Crippen LogP) is 1.21. The van der Waals surface area contributed by atoms with Gasteiger partial charge in [0.25, 0.3) is 0 Å². The quantitative estimate of drug-likeness (QED) is 0.735. The van der Waals surface area contributed by atoms with E-state index in [-0.39, 0.29) is 12.5 Å². The summed E-state index contributed by atoms with van der Waals surface area (Å²) < 4.78 is 5.41. The van der Waals surface area contributed by atoms with Crippen molar-refractivity contribution in [2.24, 2.45) is 5.73 Å². The van der Waals surface area contributed by atoms with E-state index in [0.717, 1.165) is 0 Å². The number of anilines is 1. The molecule has 0 radical (unpaired) electrons. The molecule has 0 spiro atoms. The first-order valence-corrected chi connectivity index (χ1v) is 5.88. The number of rotatable bonds is 5. The van der Waals surface area contributed by atoms with Crippen LogP contribution in [0.2, 0.25) is 0 Å². The number of amides is 1. The minimum atomic E-state index is -1.13. The second-order valence-corrected chi connectivity index (χ2v) is 4.30. The number of nitrogens with two attached hydrogens (primary N) is 1. The molecule has 4 N–H and O–H groups in total. The Hall–Kier alpha value is -1.59. The van der Waals surface area contributed by atoms with Crippen LogP contribution < -0.4 is 15.8 Å². The zero-order chi connectivity index (χ0) is 13.8. The number of hydrogen-bond acceptors (Lipinski definition) is 4. The first-order chi connectivity index (χ1) is 8.40.